The average molecular weight is 259 g/mol. The first-order chi connectivity index (χ1) is 8.04. The van der Waals surface area contributed by atoms with Gasteiger partial charge in [-0.15, -0.1) is 0 Å². The molecule has 6 heteroatoms. The van der Waals surface area contributed by atoms with Crippen molar-refractivity contribution in [3.05, 3.63) is 0 Å². The summed E-state index contributed by atoms with van der Waals surface area (Å²) >= 11 is 0. The third-order valence-corrected chi connectivity index (χ3v) is 2.87. The van der Waals surface area contributed by atoms with Crippen LogP contribution in [0.3, 0.4) is 0 Å². The smallest absolute Gasteiger partial charge is 0.408 e. The molecule has 0 saturated carbocycles. The Morgan fingerprint density at radius 3 is 2.00 bits per heavy atom. The number of hydrogen-bond acceptors (Lipinski definition) is 4. The summed E-state index contributed by atoms with van der Waals surface area (Å²) in [5.41, 5.74) is -2.01. The van der Waals surface area contributed by atoms with Crippen LogP contribution in [0.15, 0.2) is 0 Å². The van der Waals surface area contributed by atoms with E-state index in [2.05, 4.69) is 0 Å². The molecular weight excluding hydrogens is 238 g/mol. The molecule has 1 rings (SSSR count). The van der Waals surface area contributed by atoms with Crippen LogP contribution in [-0.4, -0.2) is 52.5 Å². The number of aldehydes is 1. The van der Waals surface area contributed by atoms with Crippen LogP contribution >= 0.6 is 0 Å². The summed E-state index contributed by atoms with van der Waals surface area (Å²) in [6.45, 7) is 8.62. The van der Waals surface area contributed by atoms with Crippen LogP contribution in [0, 0.1) is 0 Å². The van der Waals surface area contributed by atoms with Gasteiger partial charge in [0.15, 0.2) is 12.1 Å². The molecule has 0 radical (unpaired) electrons. The average Bonchev–Trinajstić information content (AvgIpc) is 2.19. The quantitative estimate of drug-likeness (QED) is 0.760. The minimum Gasteiger partial charge on any atom is -0.465 e. The second-order valence-corrected chi connectivity index (χ2v) is 5.99. The van der Waals surface area contributed by atoms with Gasteiger partial charge in [-0.05, 0) is 34.6 Å². The molecule has 0 aromatic heterocycles. The maximum Gasteiger partial charge on any atom is 0.408 e. The Morgan fingerprint density at radius 2 is 1.72 bits per heavy atom. The molecular formula is C12H21NO5. The fourth-order valence-corrected chi connectivity index (χ4v) is 2.08. The Kier molecular flexibility index (Phi) is 3.74. The first-order valence-electron chi connectivity index (χ1n) is 5.82. The third kappa shape index (κ3) is 2.81. The van der Waals surface area contributed by atoms with E-state index in [1.54, 1.807) is 34.6 Å². The summed E-state index contributed by atoms with van der Waals surface area (Å²) in [7, 11) is 0. The molecule has 104 valence electrons. The van der Waals surface area contributed by atoms with Crippen LogP contribution in [0.25, 0.3) is 0 Å². The van der Waals surface area contributed by atoms with E-state index in [1.165, 1.54) is 0 Å². The van der Waals surface area contributed by atoms with Crippen LogP contribution in [-0.2, 0) is 14.3 Å². The molecule has 1 fully saturated rings. The van der Waals surface area contributed by atoms with E-state index in [9.17, 15) is 14.7 Å². The minimum atomic E-state index is -1.29. The number of amides is 1. The van der Waals surface area contributed by atoms with Crippen molar-refractivity contribution >= 4 is 12.4 Å². The molecule has 0 aromatic rings. The highest BCUT2D eigenvalue weighted by Gasteiger charge is 2.50. The highest BCUT2D eigenvalue weighted by Crippen LogP contribution is 2.31. The van der Waals surface area contributed by atoms with Crippen molar-refractivity contribution in [1.29, 1.82) is 0 Å². The molecule has 1 N–H and O–H groups in total. The molecule has 1 aliphatic rings. The molecule has 1 amide bonds. The number of hydrogen-bond donors (Lipinski definition) is 1. The lowest BCUT2D eigenvalue weighted by molar-refractivity contribution is -0.280. The highest BCUT2D eigenvalue weighted by atomic mass is 16.7. The normalized spacial score (nSPS) is 22.3. The van der Waals surface area contributed by atoms with Gasteiger partial charge in [0.05, 0.1) is 13.2 Å². The Balaban J connectivity index is 3.08. The van der Waals surface area contributed by atoms with Gasteiger partial charge in [0.25, 0.3) is 0 Å². The molecule has 0 aliphatic carbocycles. The fraction of sp³-hybridized carbons (Fsp3) is 0.833. The number of nitrogens with zero attached hydrogens (tertiary/aromatic N) is 1. The number of rotatable bonds is 2. The molecule has 0 unspecified atom stereocenters. The predicted molar refractivity (Wildman–Crippen MR) is 64.4 cm³/mol. The van der Waals surface area contributed by atoms with Crippen LogP contribution in [0.2, 0.25) is 0 Å². The van der Waals surface area contributed by atoms with Gasteiger partial charge in [-0.25, -0.2) is 4.79 Å². The Bertz CT molecular complexity index is 335. The van der Waals surface area contributed by atoms with Gasteiger partial charge in [-0.2, -0.15) is 0 Å². The molecule has 1 heterocycles. The Morgan fingerprint density at radius 1 is 1.28 bits per heavy atom. The lowest BCUT2D eigenvalue weighted by Crippen LogP contribution is -2.68. The van der Waals surface area contributed by atoms with Crippen LogP contribution in [0.1, 0.15) is 34.6 Å². The Hall–Kier alpha value is -1.14. The van der Waals surface area contributed by atoms with Crippen molar-refractivity contribution < 1.29 is 24.2 Å². The van der Waals surface area contributed by atoms with E-state index in [4.69, 9.17) is 9.47 Å². The summed E-state index contributed by atoms with van der Waals surface area (Å²) in [4.78, 5) is 23.9. The zero-order valence-electron chi connectivity index (χ0n) is 11.5. The number of ether oxygens (including phenoxy) is 2. The van der Waals surface area contributed by atoms with Crippen molar-refractivity contribution in [3.63, 3.8) is 0 Å². The van der Waals surface area contributed by atoms with Gasteiger partial charge in [0.1, 0.15) is 5.54 Å². The van der Waals surface area contributed by atoms with E-state index >= 15 is 0 Å². The van der Waals surface area contributed by atoms with E-state index < -0.39 is 23.0 Å². The first kappa shape index (κ1) is 14.9. The van der Waals surface area contributed by atoms with Crippen molar-refractivity contribution in [2.24, 2.45) is 0 Å². The summed E-state index contributed by atoms with van der Waals surface area (Å²) in [5, 5.41) is 9.34. The summed E-state index contributed by atoms with van der Waals surface area (Å²) < 4.78 is 10.9. The summed E-state index contributed by atoms with van der Waals surface area (Å²) in [6.07, 6.45) is -0.566. The van der Waals surface area contributed by atoms with Crippen LogP contribution in [0.4, 0.5) is 4.79 Å². The Labute approximate surface area is 107 Å². The van der Waals surface area contributed by atoms with Gasteiger partial charge < -0.3 is 19.4 Å². The zero-order chi connectivity index (χ0) is 14.2. The van der Waals surface area contributed by atoms with Crippen molar-refractivity contribution in [3.8, 4) is 0 Å². The SMILES string of the molecule is CC1(C)OCC(C=O)(N(C(=O)O)C(C)(C)C)CO1. The molecule has 1 aliphatic heterocycles. The lowest BCUT2D eigenvalue weighted by Gasteiger charge is -2.49. The second-order valence-electron chi connectivity index (χ2n) is 5.99. The van der Waals surface area contributed by atoms with E-state index in [1.807, 2.05) is 0 Å². The number of carbonyl (C=O) groups excluding carboxylic acids is 1. The predicted octanol–water partition coefficient (Wildman–Crippen LogP) is 1.49. The van der Waals surface area contributed by atoms with Crippen molar-refractivity contribution in [2.45, 2.75) is 51.5 Å². The van der Waals surface area contributed by atoms with E-state index in [-0.39, 0.29) is 13.2 Å². The molecule has 6 nitrogen and oxygen atoms in total. The van der Waals surface area contributed by atoms with Gasteiger partial charge in [0, 0.05) is 5.54 Å². The van der Waals surface area contributed by atoms with Gasteiger partial charge in [-0.3, -0.25) is 4.90 Å². The standard InChI is InChI=1S/C12H21NO5/c1-10(2,3)13(9(15)16)12(6-14)7-17-11(4,5)18-8-12/h6H,7-8H2,1-5H3,(H,15,16). The van der Waals surface area contributed by atoms with Crippen LogP contribution in [0.5, 0.6) is 0 Å². The topological polar surface area (TPSA) is 76.1 Å². The van der Waals surface area contributed by atoms with E-state index in [0.717, 1.165) is 4.90 Å². The molecule has 1 saturated heterocycles. The van der Waals surface area contributed by atoms with Crippen molar-refractivity contribution in [2.75, 3.05) is 13.2 Å². The molecule has 0 spiro atoms. The largest absolute Gasteiger partial charge is 0.465 e. The third-order valence-electron chi connectivity index (χ3n) is 2.87. The van der Waals surface area contributed by atoms with E-state index in [0.29, 0.717) is 6.29 Å². The molecule has 0 bridgehead atoms. The molecule has 0 aromatic carbocycles. The first-order valence-corrected chi connectivity index (χ1v) is 5.82. The number of carboxylic acid groups (broad SMARTS) is 1. The minimum absolute atomic E-state index is 0.00687. The van der Waals surface area contributed by atoms with Crippen molar-refractivity contribution in [1.82, 2.24) is 4.90 Å². The summed E-state index contributed by atoms with van der Waals surface area (Å²) in [5.74, 6) is -0.797. The van der Waals surface area contributed by atoms with Gasteiger partial charge >= 0.3 is 6.09 Å². The van der Waals surface area contributed by atoms with Gasteiger partial charge in [0.2, 0.25) is 0 Å². The maximum absolute atomic E-state index is 11.4. The van der Waals surface area contributed by atoms with Crippen LogP contribution < -0.4 is 0 Å². The second kappa shape index (κ2) is 4.51. The van der Waals surface area contributed by atoms with Gasteiger partial charge in [-0.1, -0.05) is 0 Å². The summed E-state index contributed by atoms with van der Waals surface area (Å²) in [6, 6.07) is 0. The maximum atomic E-state index is 11.4. The lowest BCUT2D eigenvalue weighted by atomic mass is 9.93. The monoisotopic (exact) mass is 259 g/mol. The number of carbonyl (C=O) groups is 2. The molecule has 0 atom stereocenters. The molecule has 18 heavy (non-hydrogen) atoms. The highest BCUT2D eigenvalue weighted by molar-refractivity contribution is 5.76. The fourth-order valence-electron chi connectivity index (χ4n) is 2.08. The zero-order valence-corrected chi connectivity index (χ0v) is 11.5.